The van der Waals surface area contributed by atoms with Gasteiger partial charge in [0.1, 0.15) is 54.7 Å². The Morgan fingerprint density at radius 3 is 1.57 bits per heavy atom. The highest BCUT2D eigenvalue weighted by Gasteiger charge is 2.52. The van der Waals surface area contributed by atoms with Crippen LogP contribution in [0, 0.1) is 23.3 Å². The van der Waals surface area contributed by atoms with E-state index in [0.717, 1.165) is 53.0 Å². The Balaban J connectivity index is 0.000000157. The molecule has 0 radical (unpaired) electrons. The molecule has 4 aromatic carbocycles. The SMILES string of the molecule is COC(=O)OCI.COC(=O)OCOc1c2n(ccc1=O)N1CN(C2=O)C2(/C=C/COc3cc(F)c(F)c4c3[C@H]1c1ccccc1SC4)CCC2.O=C1c2c(O)c(=O)ccn2N2CN1C1(/C=C/COc3cc(F)c(F)c4c3[C@H]2c2ccccc2SC4)CCC1. The van der Waals surface area contributed by atoms with E-state index >= 15 is 13.2 Å². The number of benzene rings is 4. The Morgan fingerprint density at radius 2 is 1.11 bits per heavy atom. The predicted molar refractivity (Wildman–Crippen MR) is 324 cm³/mol. The number of ether oxygens (including phenoxy) is 7. The number of hydrogen-bond donors (Lipinski definition) is 1. The van der Waals surface area contributed by atoms with E-state index in [9.17, 15) is 38.3 Å². The number of fused-ring (bicyclic) bond motifs is 16. The smallest absolute Gasteiger partial charge is 0.502 e. The molecule has 2 saturated carbocycles. The summed E-state index contributed by atoms with van der Waals surface area (Å²) in [6.07, 6.45) is 13.2. The number of aromatic nitrogens is 2. The van der Waals surface area contributed by atoms with E-state index in [0.29, 0.717) is 41.4 Å². The van der Waals surface area contributed by atoms with Crippen LogP contribution >= 0.6 is 46.1 Å². The summed E-state index contributed by atoms with van der Waals surface area (Å²) in [6, 6.07) is 18.3. The van der Waals surface area contributed by atoms with Crippen LogP contribution in [-0.2, 0) is 30.5 Å². The first-order valence-electron chi connectivity index (χ1n) is 28.1. The lowest BCUT2D eigenvalue weighted by Gasteiger charge is -2.54. The summed E-state index contributed by atoms with van der Waals surface area (Å²) in [5.41, 5.74) is 0.0117. The largest absolute Gasteiger partial charge is 0.510 e. The fraction of sp³-hybridized carbons (Fsp3) is 0.323. The number of amides is 2. The molecule has 2 spiro atoms. The van der Waals surface area contributed by atoms with Gasteiger partial charge in [0.15, 0.2) is 40.4 Å². The third kappa shape index (κ3) is 10.8. The molecule has 464 valence electrons. The second-order valence-electron chi connectivity index (χ2n) is 21.5. The molecule has 0 unspecified atom stereocenters. The first kappa shape index (κ1) is 61.0. The lowest BCUT2D eigenvalue weighted by molar-refractivity contribution is 0.0108. The Hall–Kier alpha value is -8.31. The quantitative estimate of drug-likeness (QED) is 0.0434. The summed E-state index contributed by atoms with van der Waals surface area (Å²) in [4.78, 5) is 80.6. The predicted octanol–water partition coefficient (Wildman–Crippen LogP) is 10.5. The molecule has 6 aromatic rings. The van der Waals surface area contributed by atoms with Crippen LogP contribution in [0.25, 0.3) is 0 Å². The van der Waals surface area contributed by atoms with Crippen molar-refractivity contribution in [2.24, 2.45) is 0 Å². The lowest BCUT2D eigenvalue weighted by Crippen LogP contribution is -2.64. The Kier molecular flexibility index (Phi) is 17.1. The zero-order valence-electron chi connectivity index (χ0n) is 47.6. The molecule has 6 aliphatic heterocycles. The maximum atomic E-state index is 15.7. The fourth-order valence-corrected chi connectivity index (χ4v) is 15.0. The van der Waals surface area contributed by atoms with Crippen LogP contribution in [0.2, 0.25) is 0 Å². The molecule has 8 heterocycles. The lowest BCUT2D eigenvalue weighted by atomic mass is 9.74. The summed E-state index contributed by atoms with van der Waals surface area (Å²) in [7, 11) is 2.40. The zero-order valence-corrected chi connectivity index (χ0v) is 51.4. The van der Waals surface area contributed by atoms with E-state index in [4.69, 9.17) is 18.9 Å². The highest BCUT2D eigenvalue weighted by molar-refractivity contribution is 14.1. The van der Waals surface area contributed by atoms with E-state index in [1.54, 1.807) is 22.0 Å². The third-order valence-corrected chi connectivity index (χ3v) is 19.5. The molecule has 2 aliphatic carbocycles. The summed E-state index contributed by atoms with van der Waals surface area (Å²) < 4.78 is 100. The van der Waals surface area contributed by atoms with Gasteiger partial charge in [-0.15, -0.1) is 23.5 Å². The van der Waals surface area contributed by atoms with E-state index < -0.39 is 94.0 Å². The van der Waals surface area contributed by atoms with Crippen LogP contribution in [0.1, 0.15) is 105 Å². The van der Waals surface area contributed by atoms with Crippen molar-refractivity contribution in [3.63, 3.8) is 0 Å². The van der Waals surface area contributed by atoms with Crippen molar-refractivity contribution >= 4 is 70.2 Å². The van der Waals surface area contributed by atoms with Gasteiger partial charge in [0.2, 0.25) is 23.4 Å². The van der Waals surface area contributed by atoms with Crippen molar-refractivity contribution in [3.05, 3.63) is 198 Å². The standard InChI is InChI=1S/C31H27F2N3O7S.C28H23F2N3O4S.C3H5IO3/c1-40-30(39)43-17-42-28-21(37)8-12-35-27(28)29(38)34-16-36(35)26-18-6-2-3-7-23(18)44-15-19-24(26)22(14-20(32)25(19)33)41-13-5-11-31(34)9-4-10-31;29-18-13-20-22-17(23(18)30)14-38-21-6-2-1-5-16(21)24(22)33-15-31(28(8-3-9-28)10-4-12-37-20)27(36)25-26(35)19(34)7-11-32(25)33;1-6-3(5)7-2-4/h2-3,5-8,11-12,14,26H,4,9-10,13,15-17H2,1H3;1-2,4-7,10-11,13,24,35H,3,8-9,12,14-15H2;2H2,1H3/b11-5+;10-4+;/t26-;24-;/m11./s1. The molecule has 8 aliphatic rings. The van der Waals surface area contributed by atoms with Crippen molar-refractivity contribution < 1.29 is 75.0 Å². The maximum absolute atomic E-state index is 15.7. The minimum Gasteiger partial charge on any atom is -0.502 e. The van der Waals surface area contributed by atoms with Gasteiger partial charge in [0.25, 0.3) is 11.8 Å². The summed E-state index contributed by atoms with van der Waals surface area (Å²) in [5, 5.41) is 14.5. The van der Waals surface area contributed by atoms with Crippen LogP contribution in [0.4, 0.5) is 27.2 Å². The second kappa shape index (κ2) is 24.9. The molecule has 14 rings (SSSR count). The normalized spacial score (nSPS) is 19.8. The number of alkyl halides is 1. The Morgan fingerprint density at radius 1 is 0.652 bits per heavy atom. The van der Waals surface area contributed by atoms with Gasteiger partial charge in [0.05, 0.1) is 25.3 Å². The minimum atomic E-state index is -1.02. The van der Waals surface area contributed by atoms with Gasteiger partial charge < -0.3 is 48.1 Å². The second-order valence-corrected chi connectivity index (χ2v) is 24.2. The molecule has 4 bridgehead atoms. The molecule has 2 amide bonds. The molecular weight excluding hydrogens is 1320 g/mol. The number of methoxy groups -OCH3 is 2. The van der Waals surface area contributed by atoms with Crippen molar-refractivity contribution in [2.45, 2.75) is 83.0 Å². The number of carbonyl (C=O) groups is 4. The molecule has 0 saturated heterocycles. The molecule has 2 fully saturated rings. The van der Waals surface area contributed by atoms with Crippen LogP contribution in [0.3, 0.4) is 0 Å². The van der Waals surface area contributed by atoms with Crippen LogP contribution in [0.5, 0.6) is 23.0 Å². The molecule has 2 atom stereocenters. The Bertz CT molecular complexity index is 4050. The topological polar surface area (TPSA) is 210 Å². The van der Waals surface area contributed by atoms with E-state index in [1.165, 1.54) is 64.5 Å². The molecule has 20 nitrogen and oxygen atoms in total. The third-order valence-electron chi connectivity index (χ3n) is 17.0. The zero-order chi connectivity index (χ0) is 62.5. The van der Waals surface area contributed by atoms with Gasteiger partial charge in [-0.3, -0.25) is 38.5 Å². The number of pyridine rings is 2. The minimum absolute atomic E-state index is 0.0543. The van der Waals surface area contributed by atoms with Crippen molar-refractivity contribution in [2.75, 3.05) is 62.2 Å². The maximum Gasteiger partial charge on any atom is 0.510 e. The van der Waals surface area contributed by atoms with Gasteiger partial charge in [-0.2, -0.15) is 0 Å². The highest BCUT2D eigenvalue weighted by Crippen LogP contribution is 2.52. The van der Waals surface area contributed by atoms with Crippen molar-refractivity contribution in [1.82, 2.24) is 19.2 Å². The highest BCUT2D eigenvalue weighted by atomic mass is 127. The number of thioether (sulfide) groups is 2. The van der Waals surface area contributed by atoms with Gasteiger partial charge in [-0.05, 0) is 96.5 Å². The first-order chi connectivity index (χ1) is 43.0. The van der Waals surface area contributed by atoms with Crippen molar-refractivity contribution in [1.29, 1.82) is 0 Å². The molecule has 89 heavy (non-hydrogen) atoms. The molecule has 1 N–H and O–H groups in total. The van der Waals surface area contributed by atoms with E-state index in [1.807, 2.05) is 93.3 Å². The number of halogens is 5. The average molecular weight is 1380 g/mol. The summed E-state index contributed by atoms with van der Waals surface area (Å²) in [6.45, 7) is -0.337. The van der Waals surface area contributed by atoms with E-state index in [-0.39, 0.29) is 77.8 Å². The Labute approximate surface area is 527 Å². The number of rotatable bonds is 4. The summed E-state index contributed by atoms with van der Waals surface area (Å²) in [5.74, 6) is -5.05. The van der Waals surface area contributed by atoms with Crippen LogP contribution < -0.4 is 35.1 Å². The summed E-state index contributed by atoms with van der Waals surface area (Å²) >= 11 is 4.69. The molecule has 27 heteroatoms. The van der Waals surface area contributed by atoms with E-state index in [2.05, 4.69) is 14.2 Å². The van der Waals surface area contributed by atoms with Crippen LogP contribution in [-0.4, -0.2) is 112 Å². The monoisotopic (exact) mass is 1370 g/mol. The number of aromatic hydroxyl groups is 1. The molecule has 2 aromatic heterocycles. The number of hydrogen-bond acceptors (Lipinski definition) is 18. The van der Waals surface area contributed by atoms with Gasteiger partial charge >= 0.3 is 12.3 Å². The van der Waals surface area contributed by atoms with Gasteiger partial charge in [0, 0.05) is 80.2 Å². The van der Waals surface area contributed by atoms with Crippen molar-refractivity contribution in [3.8, 4) is 23.0 Å². The number of carbonyl (C=O) groups excluding carboxylic acids is 4. The van der Waals surface area contributed by atoms with Gasteiger partial charge in [-0.1, -0.05) is 48.6 Å². The average Bonchev–Trinajstić information content (AvgIpc) is 1.67. The van der Waals surface area contributed by atoms with Crippen LogP contribution in [0.15, 0.2) is 129 Å². The first-order valence-corrected chi connectivity index (χ1v) is 31.6. The molecular formula is C62H55F4IN6O14S2. The number of nitrogens with zero attached hydrogens (tertiary/aromatic N) is 6. The fourth-order valence-electron chi connectivity index (χ4n) is 12.5. The van der Waals surface area contributed by atoms with Gasteiger partial charge in [-0.25, -0.2) is 27.2 Å².